The molecule has 0 aromatic rings. The van der Waals surface area contributed by atoms with E-state index in [-0.39, 0.29) is 11.8 Å². The number of amides is 2. The number of unbranched alkanes of at least 4 members (excludes halogenated alkanes) is 2. The molecule has 0 rings (SSSR count). The molecule has 0 bridgehead atoms. The second-order valence-electron chi connectivity index (χ2n) is 3.83. The van der Waals surface area contributed by atoms with Crippen molar-refractivity contribution in [2.45, 2.75) is 38.5 Å². The molecule has 21 heavy (non-hydrogen) atoms. The van der Waals surface area contributed by atoms with Crippen molar-refractivity contribution in [2.24, 2.45) is 11.5 Å². The van der Waals surface area contributed by atoms with Crippen LogP contribution in [0.25, 0.3) is 0 Å². The molecule has 124 valence electrons. The van der Waals surface area contributed by atoms with Gasteiger partial charge in [-0.2, -0.15) is 0 Å². The Labute approximate surface area is 152 Å². The molecule has 4 nitrogen and oxygen atoms in total. The largest absolute Gasteiger partial charge is 0.370 e. The minimum atomic E-state index is -0.210. The molecule has 4 N–H and O–H groups in total. The maximum atomic E-state index is 10.5. The second-order valence-corrected chi connectivity index (χ2v) is 15.4. The standard InChI is InChI=1S/C10H20N2O2S7/c11-9(13)5-1-3-7-15-17-19-21-20-18-16-8-4-2-6-10(12)14/h1-8H2,(H2,11,13)(H2,12,14). The molecular formula is C10H20N2O2S7. The quantitative estimate of drug-likeness (QED) is 0.265. The number of carbonyl (C=O) groups excluding carboxylic acids is 2. The van der Waals surface area contributed by atoms with Crippen molar-refractivity contribution in [1.82, 2.24) is 0 Å². The summed E-state index contributed by atoms with van der Waals surface area (Å²) in [5.41, 5.74) is 10.1. The van der Waals surface area contributed by atoms with Crippen LogP contribution in [0.2, 0.25) is 0 Å². The van der Waals surface area contributed by atoms with E-state index in [2.05, 4.69) is 0 Å². The second kappa shape index (κ2) is 17.7. The van der Waals surface area contributed by atoms with Crippen LogP contribution < -0.4 is 11.5 Å². The summed E-state index contributed by atoms with van der Waals surface area (Å²) in [6, 6.07) is 0. The Balaban J connectivity index is 2.99. The number of hydrogen-bond donors (Lipinski definition) is 2. The fourth-order valence-corrected chi connectivity index (χ4v) is 15.6. The van der Waals surface area contributed by atoms with Crippen LogP contribution in [0.5, 0.6) is 0 Å². The van der Waals surface area contributed by atoms with Gasteiger partial charge >= 0.3 is 0 Å². The molecule has 0 atom stereocenters. The first kappa shape index (κ1) is 22.4. The van der Waals surface area contributed by atoms with Crippen molar-refractivity contribution in [3.8, 4) is 0 Å². The Kier molecular flexibility index (Phi) is 18.9. The van der Waals surface area contributed by atoms with Crippen molar-refractivity contribution in [3.05, 3.63) is 0 Å². The van der Waals surface area contributed by atoms with Gasteiger partial charge in [0, 0.05) is 24.3 Å². The predicted octanol–water partition coefficient (Wildman–Crippen LogP) is 4.92. The molecule has 0 spiro atoms. The van der Waals surface area contributed by atoms with Crippen LogP contribution in [0.3, 0.4) is 0 Å². The lowest BCUT2D eigenvalue weighted by atomic mass is 10.2. The molecule has 0 aromatic carbocycles. The van der Waals surface area contributed by atoms with Crippen LogP contribution in [0.4, 0.5) is 0 Å². The van der Waals surface area contributed by atoms with Crippen LogP contribution in [0.1, 0.15) is 38.5 Å². The van der Waals surface area contributed by atoms with Crippen molar-refractivity contribution < 1.29 is 9.59 Å². The highest BCUT2D eigenvalue weighted by Crippen LogP contribution is 2.55. The van der Waals surface area contributed by atoms with Gasteiger partial charge in [-0.1, -0.05) is 21.6 Å². The first-order valence-corrected chi connectivity index (χ1v) is 15.4. The minimum Gasteiger partial charge on any atom is -0.370 e. The van der Waals surface area contributed by atoms with E-state index < -0.39 is 0 Å². The van der Waals surface area contributed by atoms with Gasteiger partial charge in [0.05, 0.1) is 0 Å². The summed E-state index contributed by atoms with van der Waals surface area (Å²) in [6.07, 6.45) is 4.84. The minimum absolute atomic E-state index is 0.210. The Bertz CT molecular complexity index is 258. The average molecular weight is 425 g/mol. The van der Waals surface area contributed by atoms with Gasteiger partial charge in [-0.3, -0.25) is 9.59 Å². The summed E-state index contributed by atoms with van der Waals surface area (Å²) in [5.74, 6) is 1.69. The van der Waals surface area contributed by atoms with Crippen molar-refractivity contribution in [2.75, 3.05) is 11.5 Å². The van der Waals surface area contributed by atoms with Gasteiger partial charge in [0.25, 0.3) is 0 Å². The van der Waals surface area contributed by atoms with Crippen LogP contribution in [0, 0.1) is 0 Å². The molecule has 11 heteroatoms. The third kappa shape index (κ3) is 21.4. The topological polar surface area (TPSA) is 86.2 Å². The van der Waals surface area contributed by atoms with Crippen LogP contribution in [-0.4, -0.2) is 23.3 Å². The van der Waals surface area contributed by atoms with E-state index in [1.807, 2.05) is 21.6 Å². The van der Waals surface area contributed by atoms with Crippen molar-refractivity contribution >= 4 is 82.5 Å². The van der Waals surface area contributed by atoms with E-state index in [4.69, 9.17) is 11.5 Å². The van der Waals surface area contributed by atoms with E-state index in [0.717, 1.165) is 37.2 Å². The third-order valence-corrected chi connectivity index (χ3v) is 15.3. The molecule has 0 aromatic heterocycles. The van der Waals surface area contributed by atoms with Crippen molar-refractivity contribution in [1.29, 1.82) is 0 Å². The molecule has 0 heterocycles. The zero-order valence-electron chi connectivity index (χ0n) is 11.5. The lowest BCUT2D eigenvalue weighted by molar-refractivity contribution is -0.118. The molecule has 0 radical (unpaired) electrons. The lowest BCUT2D eigenvalue weighted by Gasteiger charge is -2.00. The summed E-state index contributed by atoms with van der Waals surface area (Å²) in [6.45, 7) is 0. The Morgan fingerprint density at radius 3 is 1.38 bits per heavy atom. The zero-order valence-corrected chi connectivity index (χ0v) is 17.2. The normalized spacial score (nSPS) is 10.7. The maximum absolute atomic E-state index is 10.5. The summed E-state index contributed by atoms with van der Waals surface area (Å²) in [4.78, 5) is 21.0. The fraction of sp³-hybridized carbons (Fsp3) is 0.800. The van der Waals surface area contributed by atoms with Gasteiger partial charge in [0.2, 0.25) is 11.8 Å². The first-order valence-electron chi connectivity index (χ1n) is 6.27. The average Bonchev–Trinajstić information content (AvgIpc) is 2.42. The monoisotopic (exact) mass is 424 g/mol. The molecular weight excluding hydrogens is 405 g/mol. The number of primary amides is 2. The Morgan fingerprint density at radius 2 is 1.00 bits per heavy atom. The molecule has 0 saturated heterocycles. The molecule has 2 amide bonds. The molecule has 0 aliphatic rings. The Hall–Kier alpha value is 1.39. The number of rotatable bonds is 16. The Morgan fingerprint density at radius 1 is 0.619 bits per heavy atom. The maximum Gasteiger partial charge on any atom is 0.217 e. The van der Waals surface area contributed by atoms with Gasteiger partial charge in [0.1, 0.15) is 0 Å². The van der Waals surface area contributed by atoms with Crippen LogP contribution >= 0.6 is 70.7 Å². The smallest absolute Gasteiger partial charge is 0.217 e. The van der Waals surface area contributed by atoms with E-state index in [1.54, 1.807) is 49.1 Å². The van der Waals surface area contributed by atoms with E-state index in [0.29, 0.717) is 12.8 Å². The number of hydrogen-bond acceptors (Lipinski definition) is 9. The molecule has 0 unspecified atom stereocenters. The lowest BCUT2D eigenvalue weighted by Crippen LogP contribution is -2.09. The summed E-state index contributed by atoms with van der Waals surface area (Å²) in [5, 5.41) is 0. The van der Waals surface area contributed by atoms with Gasteiger partial charge < -0.3 is 11.5 Å². The van der Waals surface area contributed by atoms with Crippen molar-refractivity contribution in [3.63, 3.8) is 0 Å². The molecule has 0 saturated carbocycles. The molecule has 0 fully saturated rings. The third-order valence-electron chi connectivity index (χ3n) is 2.01. The van der Waals surface area contributed by atoms with Crippen LogP contribution in [-0.2, 0) is 9.59 Å². The van der Waals surface area contributed by atoms with Gasteiger partial charge in [0.15, 0.2) is 0 Å². The summed E-state index contributed by atoms with van der Waals surface area (Å²) < 4.78 is 0. The first-order chi connectivity index (χ1) is 10.1. The summed E-state index contributed by atoms with van der Waals surface area (Å²) in [7, 11) is 12.5. The van der Waals surface area contributed by atoms with Gasteiger partial charge in [-0.15, -0.1) is 0 Å². The van der Waals surface area contributed by atoms with E-state index in [9.17, 15) is 9.59 Å². The number of nitrogens with two attached hydrogens (primary N) is 2. The highest BCUT2D eigenvalue weighted by atomic mass is 33.9. The van der Waals surface area contributed by atoms with Gasteiger partial charge in [-0.05, 0) is 74.8 Å². The SMILES string of the molecule is NC(=O)CCCCSSSSSSSCCCCC(N)=O. The highest BCUT2D eigenvalue weighted by molar-refractivity contribution is 9.45. The molecule has 0 aliphatic heterocycles. The summed E-state index contributed by atoms with van der Waals surface area (Å²) >= 11 is 0. The highest BCUT2D eigenvalue weighted by Gasteiger charge is 1.99. The number of carbonyl (C=O) groups is 2. The fourth-order valence-electron chi connectivity index (χ4n) is 1.06. The van der Waals surface area contributed by atoms with E-state index >= 15 is 0 Å². The zero-order chi connectivity index (χ0) is 15.8. The van der Waals surface area contributed by atoms with Gasteiger partial charge in [-0.25, -0.2) is 0 Å². The van der Waals surface area contributed by atoms with E-state index in [1.165, 1.54) is 0 Å². The van der Waals surface area contributed by atoms with Crippen LogP contribution in [0.15, 0.2) is 0 Å². The predicted molar refractivity (Wildman–Crippen MR) is 109 cm³/mol. The molecule has 0 aliphatic carbocycles.